The highest BCUT2D eigenvalue weighted by Crippen LogP contribution is 2.32. The summed E-state index contributed by atoms with van der Waals surface area (Å²) in [5, 5.41) is 0. The molecule has 1 aromatic carbocycles. The lowest BCUT2D eigenvalue weighted by Gasteiger charge is -2.17. The molecule has 0 atom stereocenters. The molecule has 1 aromatic rings. The fourth-order valence-electron chi connectivity index (χ4n) is 1.41. The first-order chi connectivity index (χ1) is 8.54. The van der Waals surface area contributed by atoms with Crippen LogP contribution in [0.5, 0.6) is 0 Å². The van der Waals surface area contributed by atoms with E-state index in [0.29, 0.717) is 6.07 Å². The average molecular weight is 277 g/mol. The van der Waals surface area contributed by atoms with Gasteiger partial charge >= 0.3 is 6.18 Å². The third-order valence-corrected chi connectivity index (χ3v) is 2.13. The molecule has 0 aliphatic heterocycles. The molecule has 106 valence electrons. The standard InChI is InChI=1S/C12H15F4N3/c1-11(2,3)18-10(19-17)7-4-5-9(13)8(6-7)12(14,15)16/h4-6H,17H2,1-3H3,(H,18,19). The number of halogens is 4. The zero-order valence-electron chi connectivity index (χ0n) is 10.8. The van der Waals surface area contributed by atoms with Crippen molar-refractivity contribution in [2.75, 3.05) is 0 Å². The van der Waals surface area contributed by atoms with E-state index in [4.69, 9.17) is 5.84 Å². The lowest BCUT2D eigenvalue weighted by atomic mass is 10.1. The topological polar surface area (TPSA) is 50.4 Å². The summed E-state index contributed by atoms with van der Waals surface area (Å²) in [5.74, 6) is 3.99. The summed E-state index contributed by atoms with van der Waals surface area (Å²) < 4.78 is 51.0. The van der Waals surface area contributed by atoms with Gasteiger partial charge in [0, 0.05) is 5.56 Å². The predicted molar refractivity (Wildman–Crippen MR) is 65.0 cm³/mol. The van der Waals surface area contributed by atoms with Crippen LogP contribution in [0.15, 0.2) is 23.2 Å². The largest absolute Gasteiger partial charge is 0.419 e. The quantitative estimate of drug-likeness (QED) is 0.273. The van der Waals surface area contributed by atoms with E-state index < -0.39 is 23.1 Å². The van der Waals surface area contributed by atoms with Crippen molar-refractivity contribution in [1.29, 1.82) is 0 Å². The number of nitrogens with two attached hydrogens (primary N) is 1. The van der Waals surface area contributed by atoms with Gasteiger partial charge in [-0.2, -0.15) is 13.2 Å². The maximum atomic E-state index is 13.2. The minimum absolute atomic E-state index is 0.0676. The highest BCUT2D eigenvalue weighted by molar-refractivity contribution is 5.98. The van der Waals surface area contributed by atoms with Crippen LogP contribution in [0.25, 0.3) is 0 Å². The van der Waals surface area contributed by atoms with E-state index in [1.165, 1.54) is 6.07 Å². The molecule has 19 heavy (non-hydrogen) atoms. The number of rotatable bonds is 1. The van der Waals surface area contributed by atoms with Crippen molar-refractivity contribution in [1.82, 2.24) is 5.43 Å². The van der Waals surface area contributed by atoms with Crippen LogP contribution < -0.4 is 11.3 Å². The van der Waals surface area contributed by atoms with E-state index >= 15 is 0 Å². The first kappa shape index (κ1) is 15.4. The monoisotopic (exact) mass is 277 g/mol. The van der Waals surface area contributed by atoms with Gasteiger partial charge in [-0.05, 0) is 39.0 Å². The SMILES string of the molecule is CC(C)(C)N=C(NN)c1ccc(F)c(C(F)(F)F)c1. The fourth-order valence-corrected chi connectivity index (χ4v) is 1.41. The van der Waals surface area contributed by atoms with Gasteiger partial charge in [0.25, 0.3) is 0 Å². The van der Waals surface area contributed by atoms with Crippen LogP contribution in [-0.4, -0.2) is 11.4 Å². The number of hydrogen-bond donors (Lipinski definition) is 2. The number of nitrogens with one attached hydrogen (secondary N) is 1. The van der Waals surface area contributed by atoms with Crippen LogP contribution in [0.1, 0.15) is 31.9 Å². The van der Waals surface area contributed by atoms with Crippen LogP contribution in [-0.2, 0) is 6.18 Å². The summed E-state index contributed by atoms with van der Waals surface area (Å²) in [4.78, 5) is 4.14. The molecule has 0 spiro atoms. The summed E-state index contributed by atoms with van der Waals surface area (Å²) in [6, 6.07) is 2.61. The van der Waals surface area contributed by atoms with Gasteiger partial charge < -0.3 is 5.43 Å². The van der Waals surface area contributed by atoms with Crippen LogP contribution in [0, 0.1) is 5.82 Å². The van der Waals surface area contributed by atoms with Crippen molar-refractivity contribution >= 4 is 5.84 Å². The third-order valence-electron chi connectivity index (χ3n) is 2.13. The van der Waals surface area contributed by atoms with Crippen molar-refractivity contribution in [2.45, 2.75) is 32.5 Å². The van der Waals surface area contributed by atoms with Crippen molar-refractivity contribution in [3.8, 4) is 0 Å². The van der Waals surface area contributed by atoms with E-state index in [0.717, 1.165) is 6.07 Å². The number of hydrazine groups is 1. The zero-order chi connectivity index (χ0) is 14.8. The van der Waals surface area contributed by atoms with Crippen molar-refractivity contribution in [3.63, 3.8) is 0 Å². The molecular weight excluding hydrogens is 262 g/mol. The Kier molecular flexibility index (Phi) is 4.19. The number of nitrogens with zero attached hydrogens (tertiary/aromatic N) is 1. The van der Waals surface area contributed by atoms with Crippen LogP contribution in [0.2, 0.25) is 0 Å². The summed E-state index contributed by atoms with van der Waals surface area (Å²) in [6.45, 7) is 5.29. The molecule has 0 aromatic heterocycles. The van der Waals surface area contributed by atoms with E-state index in [1.807, 2.05) is 0 Å². The number of aliphatic imine (C=N–C) groups is 1. The van der Waals surface area contributed by atoms with E-state index in [2.05, 4.69) is 10.4 Å². The van der Waals surface area contributed by atoms with Crippen molar-refractivity contribution in [2.24, 2.45) is 10.8 Å². The smallest absolute Gasteiger partial charge is 0.308 e. The Morgan fingerprint density at radius 3 is 2.21 bits per heavy atom. The Bertz CT molecular complexity index is 487. The predicted octanol–water partition coefficient (Wildman–Crippen LogP) is 2.85. The molecule has 7 heteroatoms. The molecule has 3 N–H and O–H groups in total. The summed E-state index contributed by atoms with van der Waals surface area (Å²) in [7, 11) is 0. The Hall–Kier alpha value is -1.63. The molecule has 0 unspecified atom stereocenters. The number of alkyl halides is 3. The molecule has 1 rings (SSSR count). The molecule has 0 bridgehead atoms. The van der Waals surface area contributed by atoms with Crippen LogP contribution >= 0.6 is 0 Å². The first-order valence-electron chi connectivity index (χ1n) is 5.48. The summed E-state index contributed by atoms with van der Waals surface area (Å²) >= 11 is 0. The Labute approximate surface area is 108 Å². The van der Waals surface area contributed by atoms with Gasteiger partial charge in [0.1, 0.15) is 11.7 Å². The molecular formula is C12H15F4N3. The van der Waals surface area contributed by atoms with Gasteiger partial charge in [0.05, 0.1) is 11.1 Å². The number of hydrogen-bond acceptors (Lipinski definition) is 2. The van der Waals surface area contributed by atoms with Crippen LogP contribution in [0.4, 0.5) is 17.6 Å². The molecule has 0 radical (unpaired) electrons. The van der Waals surface area contributed by atoms with Crippen molar-refractivity contribution in [3.05, 3.63) is 35.1 Å². The van der Waals surface area contributed by atoms with Crippen molar-refractivity contribution < 1.29 is 17.6 Å². The Morgan fingerprint density at radius 2 is 1.79 bits per heavy atom. The lowest BCUT2D eigenvalue weighted by Crippen LogP contribution is -2.34. The Morgan fingerprint density at radius 1 is 1.21 bits per heavy atom. The molecule has 0 fully saturated rings. The van der Waals surface area contributed by atoms with Gasteiger partial charge in [-0.15, -0.1) is 0 Å². The normalized spacial score (nSPS) is 13.6. The average Bonchev–Trinajstić information content (AvgIpc) is 2.24. The second kappa shape index (κ2) is 5.16. The summed E-state index contributed by atoms with van der Waals surface area (Å²) in [5.41, 5.74) is 0.430. The molecule has 3 nitrogen and oxygen atoms in total. The lowest BCUT2D eigenvalue weighted by molar-refractivity contribution is -0.140. The summed E-state index contributed by atoms with van der Waals surface area (Å²) in [6.07, 6.45) is -4.76. The highest BCUT2D eigenvalue weighted by Gasteiger charge is 2.34. The van der Waals surface area contributed by atoms with E-state index in [1.54, 1.807) is 20.8 Å². The van der Waals surface area contributed by atoms with Crippen LogP contribution in [0.3, 0.4) is 0 Å². The minimum Gasteiger partial charge on any atom is -0.308 e. The minimum atomic E-state index is -4.76. The fraction of sp³-hybridized carbons (Fsp3) is 0.417. The van der Waals surface area contributed by atoms with Gasteiger partial charge in [-0.25, -0.2) is 10.2 Å². The molecule has 0 heterocycles. The molecule has 0 aliphatic carbocycles. The Balaban J connectivity index is 3.33. The molecule has 0 saturated carbocycles. The number of benzene rings is 1. The maximum Gasteiger partial charge on any atom is 0.419 e. The second-order valence-corrected chi connectivity index (χ2v) is 4.97. The van der Waals surface area contributed by atoms with Gasteiger partial charge in [0.15, 0.2) is 0 Å². The van der Waals surface area contributed by atoms with Gasteiger partial charge in [-0.1, -0.05) is 0 Å². The molecule has 0 aliphatic rings. The van der Waals surface area contributed by atoms with E-state index in [-0.39, 0.29) is 11.4 Å². The number of amidine groups is 1. The van der Waals surface area contributed by atoms with Gasteiger partial charge in [0.2, 0.25) is 0 Å². The maximum absolute atomic E-state index is 13.2. The second-order valence-electron chi connectivity index (χ2n) is 4.97. The highest BCUT2D eigenvalue weighted by atomic mass is 19.4. The third kappa shape index (κ3) is 4.20. The van der Waals surface area contributed by atoms with Gasteiger partial charge in [-0.3, -0.25) is 4.99 Å². The van der Waals surface area contributed by atoms with E-state index in [9.17, 15) is 17.6 Å². The zero-order valence-corrected chi connectivity index (χ0v) is 10.8. The molecule has 0 amide bonds. The molecule has 0 saturated heterocycles. The first-order valence-corrected chi connectivity index (χ1v) is 5.48.